The molecule has 1 aromatic heterocycles. The molecule has 0 atom stereocenters. The van der Waals surface area contributed by atoms with Crippen LogP contribution in [0.15, 0.2) is 47.6 Å². The van der Waals surface area contributed by atoms with E-state index in [0.29, 0.717) is 29.5 Å². The fourth-order valence-corrected chi connectivity index (χ4v) is 2.25. The quantitative estimate of drug-likeness (QED) is 0.944. The predicted molar refractivity (Wildman–Crippen MR) is 84.3 cm³/mol. The molecular formula is C16H16N4O2. The van der Waals surface area contributed by atoms with Crippen LogP contribution < -0.4 is 15.2 Å². The van der Waals surface area contributed by atoms with E-state index >= 15 is 0 Å². The molecule has 1 N–H and O–H groups in total. The van der Waals surface area contributed by atoms with Gasteiger partial charge in [0.2, 0.25) is 5.91 Å². The van der Waals surface area contributed by atoms with Crippen molar-refractivity contribution < 1.29 is 9.53 Å². The number of carbonyl (C=O) groups excluding carboxylic acids is 1. The molecule has 0 fully saturated rings. The Hall–Kier alpha value is -2.89. The molecule has 2 heterocycles. The third-order valence-electron chi connectivity index (χ3n) is 3.34. The first kappa shape index (κ1) is 14.1. The van der Waals surface area contributed by atoms with Crippen LogP contribution in [-0.4, -0.2) is 23.8 Å². The number of para-hydroxylation sites is 1. The van der Waals surface area contributed by atoms with Gasteiger partial charge in [0.25, 0.3) is 0 Å². The fraction of sp³-hybridized carbons (Fsp3) is 0.188. The van der Waals surface area contributed by atoms with E-state index in [1.54, 1.807) is 26.3 Å². The first-order valence-corrected chi connectivity index (χ1v) is 7.01. The number of pyridine rings is 1. The number of nitrogens with zero attached hydrogens (tertiary/aromatic N) is 3. The number of methoxy groups -OCH3 is 1. The summed E-state index contributed by atoms with van der Waals surface area (Å²) in [6.45, 7) is 1.81. The number of aromatic nitrogens is 1. The molecule has 0 saturated heterocycles. The Morgan fingerprint density at radius 3 is 2.86 bits per heavy atom. The van der Waals surface area contributed by atoms with Gasteiger partial charge in [-0.3, -0.25) is 10.2 Å². The highest BCUT2D eigenvalue weighted by atomic mass is 16.5. The Kier molecular flexibility index (Phi) is 3.74. The smallest absolute Gasteiger partial charge is 0.246 e. The van der Waals surface area contributed by atoms with Crippen molar-refractivity contribution in [1.82, 2.24) is 10.4 Å². The lowest BCUT2D eigenvalue weighted by molar-refractivity contribution is -0.118. The highest BCUT2D eigenvalue weighted by Gasteiger charge is 2.26. The van der Waals surface area contributed by atoms with Gasteiger partial charge in [-0.25, -0.2) is 15.0 Å². The molecule has 1 aliphatic heterocycles. The van der Waals surface area contributed by atoms with Crippen LogP contribution in [0.1, 0.15) is 18.9 Å². The lowest BCUT2D eigenvalue weighted by Gasteiger charge is -2.29. The van der Waals surface area contributed by atoms with E-state index in [0.717, 1.165) is 5.56 Å². The topological polar surface area (TPSA) is 66.8 Å². The van der Waals surface area contributed by atoms with Crippen molar-refractivity contribution in [3.8, 4) is 5.75 Å². The number of hydrogen-bond acceptors (Lipinski definition) is 5. The number of benzene rings is 1. The molecule has 1 amide bonds. The summed E-state index contributed by atoms with van der Waals surface area (Å²) in [5.74, 6) is 1.67. The Labute approximate surface area is 128 Å². The van der Waals surface area contributed by atoms with Crippen LogP contribution in [0.5, 0.6) is 5.75 Å². The number of ether oxygens (including phenoxy) is 1. The molecule has 0 bridgehead atoms. The molecule has 0 unspecified atom stereocenters. The third kappa shape index (κ3) is 2.39. The number of carbonyl (C=O) groups is 1. The molecule has 0 saturated carbocycles. The Morgan fingerprint density at radius 2 is 2.09 bits per heavy atom. The fourth-order valence-electron chi connectivity index (χ4n) is 2.25. The van der Waals surface area contributed by atoms with Crippen LogP contribution in [0, 0.1) is 0 Å². The lowest BCUT2D eigenvalue weighted by Crippen LogP contribution is -2.48. The molecule has 3 rings (SSSR count). The number of nitrogens with one attached hydrogen (secondary N) is 1. The summed E-state index contributed by atoms with van der Waals surface area (Å²) in [7, 11) is 1.60. The molecule has 1 aromatic carbocycles. The largest absolute Gasteiger partial charge is 0.496 e. The van der Waals surface area contributed by atoms with Gasteiger partial charge < -0.3 is 4.74 Å². The number of amidine groups is 1. The van der Waals surface area contributed by atoms with E-state index in [1.165, 1.54) is 5.01 Å². The van der Waals surface area contributed by atoms with E-state index in [2.05, 4.69) is 15.4 Å². The van der Waals surface area contributed by atoms with Crippen LogP contribution >= 0.6 is 0 Å². The summed E-state index contributed by atoms with van der Waals surface area (Å²) in [5.41, 5.74) is 4.47. The van der Waals surface area contributed by atoms with Crippen molar-refractivity contribution >= 4 is 23.2 Å². The normalized spacial score (nSPS) is 13.0. The highest BCUT2D eigenvalue weighted by Crippen LogP contribution is 2.30. The van der Waals surface area contributed by atoms with Crippen molar-refractivity contribution in [1.29, 1.82) is 0 Å². The summed E-state index contributed by atoms with van der Waals surface area (Å²) in [6, 6.07) is 11.1. The van der Waals surface area contributed by atoms with Crippen LogP contribution in [0.2, 0.25) is 0 Å². The van der Waals surface area contributed by atoms with Gasteiger partial charge in [-0.05, 0) is 24.3 Å². The standard InChI is InChI=1S/C16H16N4O2/c1-3-14(21)20-16-12(8-6-10-17-16)18-15(19-20)11-7-4-5-9-13(11)22-2/h4-10H,3H2,1-2H3,(H,18,19). The minimum atomic E-state index is -0.0813. The van der Waals surface area contributed by atoms with E-state index in [1.807, 2.05) is 30.3 Å². The zero-order chi connectivity index (χ0) is 15.5. The minimum absolute atomic E-state index is 0.0813. The van der Waals surface area contributed by atoms with Gasteiger partial charge in [-0.15, -0.1) is 0 Å². The summed E-state index contributed by atoms with van der Waals surface area (Å²) in [5, 5.41) is 1.43. The van der Waals surface area contributed by atoms with E-state index in [4.69, 9.17) is 4.74 Å². The minimum Gasteiger partial charge on any atom is -0.496 e. The number of hydrazine groups is 1. The number of anilines is 1. The highest BCUT2D eigenvalue weighted by molar-refractivity contribution is 6.09. The Balaban J connectivity index is 2.11. The van der Waals surface area contributed by atoms with Crippen molar-refractivity contribution in [3.05, 3.63) is 48.2 Å². The number of aliphatic imine (C=N–C) groups is 1. The molecule has 112 valence electrons. The van der Waals surface area contributed by atoms with Gasteiger partial charge in [-0.1, -0.05) is 19.1 Å². The molecule has 2 aromatic rings. The zero-order valence-electron chi connectivity index (χ0n) is 12.4. The third-order valence-corrected chi connectivity index (χ3v) is 3.34. The van der Waals surface area contributed by atoms with Gasteiger partial charge >= 0.3 is 0 Å². The van der Waals surface area contributed by atoms with Crippen molar-refractivity contribution in [2.24, 2.45) is 4.99 Å². The number of rotatable bonds is 3. The average molecular weight is 296 g/mol. The second-order valence-corrected chi connectivity index (χ2v) is 4.70. The van der Waals surface area contributed by atoms with Gasteiger partial charge in [0.1, 0.15) is 11.4 Å². The first-order valence-electron chi connectivity index (χ1n) is 7.01. The number of fused-ring (bicyclic) bond motifs is 1. The van der Waals surface area contributed by atoms with E-state index < -0.39 is 0 Å². The number of amides is 1. The van der Waals surface area contributed by atoms with Crippen LogP contribution in [0.3, 0.4) is 0 Å². The average Bonchev–Trinajstić information content (AvgIpc) is 2.60. The summed E-state index contributed by atoms with van der Waals surface area (Å²) < 4.78 is 5.37. The number of hydrogen-bond donors (Lipinski definition) is 1. The molecule has 0 aliphatic carbocycles. The maximum absolute atomic E-state index is 12.2. The predicted octanol–water partition coefficient (Wildman–Crippen LogP) is 2.43. The van der Waals surface area contributed by atoms with Crippen LogP contribution in [-0.2, 0) is 4.79 Å². The lowest BCUT2D eigenvalue weighted by atomic mass is 10.1. The molecule has 1 aliphatic rings. The second-order valence-electron chi connectivity index (χ2n) is 4.70. The maximum atomic E-state index is 12.2. The zero-order valence-corrected chi connectivity index (χ0v) is 12.4. The molecule has 0 radical (unpaired) electrons. The summed E-state index contributed by atoms with van der Waals surface area (Å²) >= 11 is 0. The van der Waals surface area contributed by atoms with Gasteiger partial charge in [0.15, 0.2) is 11.7 Å². The van der Waals surface area contributed by atoms with E-state index in [9.17, 15) is 4.79 Å². The molecule has 22 heavy (non-hydrogen) atoms. The van der Waals surface area contributed by atoms with E-state index in [-0.39, 0.29) is 5.91 Å². The molecule has 0 spiro atoms. The van der Waals surface area contributed by atoms with Crippen molar-refractivity contribution in [3.63, 3.8) is 0 Å². The van der Waals surface area contributed by atoms with Gasteiger partial charge in [0.05, 0.1) is 12.7 Å². The monoisotopic (exact) mass is 296 g/mol. The Bertz CT molecular complexity index is 742. The SMILES string of the molecule is CCC(=O)N1NC(c2ccccc2OC)=Nc2cccnc21. The first-order chi connectivity index (χ1) is 10.7. The Morgan fingerprint density at radius 1 is 1.27 bits per heavy atom. The van der Waals surface area contributed by atoms with Crippen molar-refractivity contribution in [2.45, 2.75) is 13.3 Å². The second kappa shape index (κ2) is 5.85. The molecular weight excluding hydrogens is 280 g/mol. The summed E-state index contributed by atoms with van der Waals surface area (Å²) in [4.78, 5) is 21.0. The summed E-state index contributed by atoms with van der Waals surface area (Å²) in [6.07, 6.45) is 2.00. The van der Waals surface area contributed by atoms with Crippen LogP contribution in [0.4, 0.5) is 11.5 Å². The molecule has 6 nitrogen and oxygen atoms in total. The van der Waals surface area contributed by atoms with Gasteiger partial charge in [-0.2, -0.15) is 0 Å². The maximum Gasteiger partial charge on any atom is 0.246 e. The van der Waals surface area contributed by atoms with Crippen LogP contribution in [0.25, 0.3) is 0 Å². The van der Waals surface area contributed by atoms with Crippen molar-refractivity contribution in [2.75, 3.05) is 12.1 Å². The van der Waals surface area contributed by atoms with Gasteiger partial charge in [0, 0.05) is 12.6 Å². The molecule has 6 heteroatoms.